The highest BCUT2D eigenvalue weighted by molar-refractivity contribution is 5.93. The molecule has 7 nitrogen and oxygen atoms in total. The van der Waals surface area contributed by atoms with Crippen LogP contribution in [0.15, 0.2) is 6.07 Å². The van der Waals surface area contributed by atoms with Crippen molar-refractivity contribution in [1.82, 2.24) is 19.6 Å². The molecule has 1 N–H and O–H groups in total. The molecule has 1 unspecified atom stereocenters. The van der Waals surface area contributed by atoms with Gasteiger partial charge in [-0.05, 0) is 38.7 Å². The fourth-order valence-electron chi connectivity index (χ4n) is 5.02. The summed E-state index contributed by atoms with van der Waals surface area (Å²) in [5.41, 5.74) is 1.12. The van der Waals surface area contributed by atoms with Gasteiger partial charge in [-0.25, -0.2) is 0 Å². The zero-order valence-corrected chi connectivity index (χ0v) is 15.6. The summed E-state index contributed by atoms with van der Waals surface area (Å²) in [7, 11) is 1.84. The highest BCUT2D eigenvalue weighted by Gasteiger charge is 2.61. The third-order valence-corrected chi connectivity index (χ3v) is 6.63. The van der Waals surface area contributed by atoms with Crippen LogP contribution in [0.2, 0.25) is 0 Å². The molecule has 3 aliphatic rings. The minimum Gasteiger partial charge on any atom is -0.381 e. The number of β-lactam (4-membered cyclic amide) rings is 1. The van der Waals surface area contributed by atoms with E-state index in [1.54, 1.807) is 4.68 Å². The third-order valence-electron chi connectivity index (χ3n) is 6.63. The molecule has 1 spiro atoms. The molecule has 1 saturated carbocycles. The molecule has 2 amide bonds. The number of carbonyl (C=O) groups excluding carboxylic acids is 2. The largest absolute Gasteiger partial charge is 0.381 e. The lowest BCUT2D eigenvalue weighted by atomic mass is 9.68. The van der Waals surface area contributed by atoms with E-state index < -0.39 is 6.10 Å². The second kappa shape index (κ2) is 6.37. The Morgan fingerprint density at radius 2 is 1.88 bits per heavy atom. The fraction of sp³-hybridized carbons (Fsp3) is 0.737. The van der Waals surface area contributed by atoms with Crippen LogP contribution in [-0.2, 0) is 11.8 Å². The van der Waals surface area contributed by atoms with Gasteiger partial charge in [0.1, 0.15) is 0 Å². The van der Waals surface area contributed by atoms with Crippen LogP contribution in [0.5, 0.6) is 0 Å². The Hall–Kier alpha value is -1.89. The molecule has 3 fully saturated rings. The molecular formula is C19H28N4O3. The summed E-state index contributed by atoms with van der Waals surface area (Å²) in [5, 5.41) is 14.6. The monoisotopic (exact) mass is 360 g/mol. The number of hydrogen-bond donors (Lipinski definition) is 1. The average Bonchev–Trinajstić information content (AvgIpc) is 3.01. The zero-order valence-electron chi connectivity index (χ0n) is 15.6. The van der Waals surface area contributed by atoms with E-state index in [-0.39, 0.29) is 23.4 Å². The van der Waals surface area contributed by atoms with Crippen LogP contribution in [0.4, 0.5) is 0 Å². The quantitative estimate of drug-likeness (QED) is 0.805. The van der Waals surface area contributed by atoms with Crippen molar-refractivity contribution >= 4 is 11.8 Å². The maximum atomic E-state index is 12.7. The maximum absolute atomic E-state index is 12.7. The predicted molar refractivity (Wildman–Crippen MR) is 95.5 cm³/mol. The van der Waals surface area contributed by atoms with Gasteiger partial charge in [0.2, 0.25) is 0 Å². The van der Waals surface area contributed by atoms with Crippen LogP contribution >= 0.6 is 0 Å². The van der Waals surface area contributed by atoms with Crippen molar-refractivity contribution in [1.29, 1.82) is 0 Å². The summed E-state index contributed by atoms with van der Waals surface area (Å²) in [5.74, 6) is -0.147. The fourth-order valence-corrected chi connectivity index (χ4v) is 5.02. The van der Waals surface area contributed by atoms with Crippen LogP contribution in [0.25, 0.3) is 0 Å². The van der Waals surface area contributed by atoms with Gasteiger partial charge in [-0.1, -0.05) is 19.3 Å². The van der Waals surface area contributed by atoms with Crippen molar-refractivity contribution in [3.63, 3.8) is 0 Å². The molecule has 1 aromatic heterocycles. The molecule has 1 atom stereocenters. The van der Waals surface area contributed by atoms with Crippen molar-refractivity contribution in [2.24, 2.45) is 7.05 Å². The Morgan fingerprint density at radius 1 is 1.23 bits per heavy atom. The number of nitrogens with zero attached hydrogens (tertiary/aromatic N) is 4. The Bertz CT molecular complexity index is 695. The number of carbonyl (C=O) groups is 2. The van der Waals surface area contributed by atoms with E-state index in [0.29, 0.717) is 18.8 Å². The Morgan fingerprint density at radius 3 is 2.46 bits per heavy atom. The third kappa shape index (κ3) is 2.55. The minimum absolute atomic E-state index is 0.0329. The number of rotatable bonds is 2. The van der Waals surface area contributed by atoms with Crippen LogP contribution in [-0.4, -0.2) is 67.3 Å². The van der Waals surface area contributed by atoms with Crippen molar-refractivity contribution in [3.05, 3.63) is 17.5 Å². The maximum Gasteiger partial charge on any atom is 0.274 e. The number of likely N-dealkylation sites (tertiary alicyclic amines) is 2. The first kappa shape index (κ1) is 17.5. The van der Waals surface area contributed by atoms with E-state index in [9.17, 15) is 14.7 Å². The molecule has 142 valence electrons. The molecule has 0 bridgehead atoms. The van der Waals surface area contributed by atoms with Crippen molar-refractivity contribution < 1.29 is 14.7 Å². The Balaban J connectivity index is 1.42. The Kier molecular flexibility index (Phi) is 4.29. The van der Waals surface area contributed by atoms with Crippen molar-refractivity contribution in [2.75, 3.05) is 13.1 Å². The standard InChI is InChI=1S/C19H28N4O3/c1-13-12-15(20-21(13)2)17(25)22-10-6-14(7-11-22)23-18(26)16(24)19(23)8-4-3-5-9-19/h12,14,16,24H,3-11H2,1-2H3. The van der Waals surface area contributed by atoms with E-state index in [1.165, 1.54) is 6.42 Å². The van der Waals surface area contributed by atoms with E-state index in [1.807, 2.05) is 29.8 Å². The van der Waals surface area contributed by atoms with Crippen LogP contribution in [0, 0.1) is 6.92 Å². The van der Waals surface area contributed by atoms with E-state index in [0.717, 1.165) is 44.2 Å². The van der Waals surface area contributed by atoms with E-state index in [4.69, 9.17) is 0 Å². The predicted octanol–water partition coefficient (Wildman–Crippen LogP) is 1.24. The summed E-state index contributed by atoms with van der Waals surface area (Å²) < 4.78 is 1.72. The van der Waals surface area contributed by atoms with Crippen LogP contribution < -0.4 is 0 Å². The lowest BCUT2D eigenvalue weighted by molar-refractivity contribution is -0.200. The normalized spacial score (nSPS) is 26.3. The number of aryl methyl sites for hydroxylation is 2. The molecule has 7 heteroatoms. The molecule has 4 rings (SSSR count). The van der Waals surface area contributed by atoms with Gasteiger partial charge >= 0.3 is 0 Å². The van der Waals surface area contributed by atoms with Gasteiger partial charge in [-0.2, -0.15) is 5.10 Å². The van der Waals surface area contributed by atoms with Gasteiger partial charge in [-0.3, -0.25) is 14.3 Å². The van der Waals surface area contributed by atoms with E-state index >= 15 is 0 Å². The van der Waals surface area contributed by atoms with Crippen LogP contribution in [0.3, 0.4) is 0 Å². The number of hydrogen-bond acceptors (Lipinski definition) is 4. The Labute approximate surface area is 153 Å². The molecule has 3 heterocycles. The molecule has 1 aromatic rings. The average molecular weight is 360 g/mol. The van der Waals surface area contributed by atoms with Crippen molar-refractivity contribution in [3.8, 4) is 0 Å². The number of amides is 2. The first-order valence-corrected chi connectivity index (χ1v) is 9.75. The SMILES string of the molecule is Cc1cc(C(=O)N2CCC(N3C(=O)C(O)C34CCCCC4)CC2)nn1C. The van der Waals surface area contributed by atoms with Gasteiger partial charge in [0.25, 0.3) is 11.8 Å². The molecule has 2 saturated heterocycles. The molecule has 0 aromatic carbocycles. The molecule has 2 aliphatic heterocycles. The summed E-state index contributed by atoms with van der Waals surface area (Å²) in [6.07, 6.45) is 5.90. The first-order chi connectivity index (χ1) is 12.4. The summed E-state index contributed by atoms with van der Waals surface area (Å²) >= 11 is 0. The first-order valence-electron chi connectivity index (χ1n) is 9.75. The molecule has 0 radical (unpaired) electrons. The summed E-state index contributed by atoms with van der Waals surface area (Å²) in [6, 6.07) is 1.96. The second-order valence-corrected chi connectivity index (χ2v) is 8.09. The van der Waals surface area contributed by atoms with Gasteiger partial charge in [0.05, 0.1) is 5.54 Å². The minimum atomic E-state index is -0.820. The lowest BCUT2D eigenvalue weighted by Crippen LogP contribution is -2.77. The summed E-state index contributed by atoms with van der Waals surface area (Å²) in [4.78, 5) is 28.9. The number of aromatic nitrogens is 2. The zero-order chi connectivity index (χ0) is 18.5. The topological polar surface area (TPSA) is 78.7 Å². The number of aliphatic hydroxyl groups is 1. The van der Waals surface area contributed by atoms with E-state index in [2.05, 4.69) is 5.10 Å². The number of piperidine rings is 1. The van der Waals surface area contributed by atoms with Gasteiger partial charge in [-0.15, -0.1) is 0 Å². The smallest absolute Gasteiger partial charge is 0.274 e. The summed E-state index contributed by atoms with van der Waals surface area (Å²) in [6.45, 7) is 3.20. The van der Waals surface area contributed by atoms with Gasteiger partial charge < -0.3 is 14.9 Å². The van der Waals surface area contributed by atoms with Gasteiger partial charge in [0, 0.05) is 31.9 Å². The number of aliphatic hydroxyl groups excluding tert-OH is 1. The highest BCUT2D eigenvalue weighted by atomic mass is 16.3. The van der Waals surface area contributed by atoms with Crippen molar-refractivity contribution in [2.45, 2.75) is 69.6 Å². The molecular weight excluding hydrogens is 332 g/mol. The second-order valence-electron chi connectivity index (χ2n) is 8.09. The molecule has 1 aliphatic carbocycles. The molecule has 26 heavy (non-hydrogen) atoms. The van der Waals surface area contributed by atoms with Gasteiger partial charge in [0.15, 0.2) is 11.8 Å². The highest BCUT2D eigenvalue weighted by Crippen LogP contribution is 2.46. The van der Waals surface area contributed by atoms with Crippen LogP contribution in [0.1, 0.15) is 61.1 Å². The lowest BCUT2D eigenvalue weighted by Gasteiger charge is -2.61.